The number of benzene rings is 1. The number of nitrogens with one attached hydrogen (secondary N) is 1. The minimum absolute atomic E-state index is 0.142. The van der Waals surface area contributed by atoms with E-state index in [4.69, 9.17) is 4.98 Å². The molecule has 2 bridgehead atoms. The van der Waals surface area contributed by atoms with E-state index in [1.54, 1.807) is 0 Å². The van der Waals surface area contributed by atoms with Gasteiger partial charge in [0.2, 0.25) is 0 Å². The predicted molar refractivity (Wildman–Crippen MR) is 122 cm³/mol. The maximum atomic E-state index is 14.4. The average Bonchev–Trinajstić information content (AvgIpc) is 3.43. The van der Waals surface area contributed by atoms with Gasteiger partial charge in [-0.3, -0.25) is 5.10 Å². The number of nitrogens with zero attached hydrogens (tertiary/aromatic N) is 5. The Bertz CT molecular complexity index is 1450. The smallest absolute Gasteiger partial charge is 0.182 e. The van der Waals surface area contributed by atoms with Crippen LogP contribution in [0.3, 0.4) is 0 Å². The van der Waals surface area contributed by atoms with Crippen LogP contribution in [0.2, 0.25) is 0 Å². The van der Waals surface area contributed by atoms with Gasteiger partial charge < -0.3 is 5.11 Å². The first kappa shape index (κ1) is 20.8. The van der Waals surface area contributed by atoms with E-state index >= 15 is 0 Å². The van der Waals surface area contributed by atoms with Gasteiger partial charge in [-0.15, -0.1) is 5.10 Å². The second-order valence-corrected chi connectivity index (χ2v) is 9.93. The van der Waals surface area contributed by atoms with Crippen LogP contribution in [-0.2, 0) is 11.0 Å². The molecule has 9 heteroatoms. The van der Waals surface area contributed by atoms with Crippen molar-refractivity contribution < 1.29 is 13.9 Å². The molecule has 4 aliphatic rings. The molecule has 0 spiro atoms. The standard InChI is InChI=1S/C26H22F2N6O/c27-16-3-1-4-17(28)21(16)19-13-15-14-7-9-25(10-8-14,22(15)32-31-19)20-6-2-5-18(29-20)23-30-24(34-33-23)26(35)11-12-26/h1-6,13-14,35H,7-12H2,(H,30,33,34)/t14-,25+. The van der Waals surface area contributed by atoms with E-state index in [2.05, 4.69) is 25.4 Å². The van der Waals surface area contributed by atoms with Gasteiger partial charge in [-0.05, 0) is 80.3 Å². The van der Waals surface area contributed by atoms with Crippen LogP contribution in [0.4, 0.5) is 8.78 Å². The summed E-state index contributed by atoms with van der Waals surface area (Å²) in [7, 11) is 0. The second-order valence-electron chi connectivity index (χ2n) is 9.93. The van der Waals surface area contributed by atoms with Crippen molar-refractivity contribution in [1.82, 2.24) is 30.4 Å². The summed E-state index contributed by atoms with van der Waals surface area (Å²) in [5.74, 6) is -0.0895. The molecule has 0 radical (unpaired) electrons. The molecular formula is C26H22F2N6O. The quantitative estimate of drug-likeness (QED) is 0.452. The summed E-state index contributed by atoms with van der Waals surface area (Å²) in [6.07, 6.45) is 4.98. The lowest BCUT2D eigenvalue weighted by molar-refractivity contribution is 0.141. The van der Waals surface area contributed by atoms with Crippen LogP contribution in [0, 0.1) is 11.6 Å². The zero-order valence-electron chi connectivity index (χ0n) is 18.8. The molecule has 3 heterocycles. The maximum Gasteiger partial charge on any atom is 0.182 e. The van der Waals surface area contributed by atoms with Gasteiger partial charge in [0, 0.05) is 0 Å². The zero-order valence-corrected chi connectivity index (χ0v) is 18.8. The van der Waals surface area contributed by atoms with E-state index in [0.717, 1.165) is 42.6 Å². The molecule has 0 aliphatic heterocycles. The fourth-order valence-electron chi connectivity index (χ4n) is 5.75. The SMILES string of the molecule is OC1(c2n[nH]c(-c3cccc([C@]45CC[C@H](CC4)c4cc(-c6c(F)cccc6F)nnc45)n3)n2)CC1. The Morgan fingerprint density at radius 2 is 1.63 bits per heavy atom. The summed E-state index contributed by atoms with van der Waals surface area (Å²) in [6.45, 7) is 0. The van der Waals surface area contributed by atoms with E-state index in [9.17, 15) is 13.9 Å². The summed E-state index contributed by atoms with van der Waals surface area (Å²) >= 11 is 0. The number of aromatic amines is 1. The van der Waals surface area contributed by atoms with Crippen LogP contribution in [0.5, 0.6) is 0 Å². The third-order valence-corrected chi connectivity index (χ3v) is 7.88. The highest BCUT2D eigenvalue weighted by molar-refractivity contribution is 5.63. The largest absolute Gasteiger partial charge is 0.382 e. The van der Waals surface area contributed by atoms with Gasteiger partial charge in [0.25, 0.3) is 0 Å². The summed E-state index contributed by atoms with van der Waals surface area (Å²) in [5.41, 5.74) is 2.10. The number of pyridine rings is 1. The van der Waals surface area contributed by atoms with Gasteiger partial charge in [-0.25, -0.2) is 18.7 Å². The molecule has 3 aromatic heterocycles. The topological polar surface area (TPSA) is 100 Å². The molecule has 4 aliphatic carbocycles. The molecule has 35 heavy (non-hydrogen) atoms. The number of hydrogen-bond donors (Lipinski definition) is 2. The van der Waals surface area contributed by atoms with Gasteiger partial charge in [0.1, 0.15) is 22.9 Å². The van der Waals surface area contributed by atoms with Crippen LogP contribution in [0.1, 0.15) is 67.2 Å². The maximum absolute atomic E-state index is 14.4. The molecule has 4 aromatic rings. The molecule has 1 aromatic carbocycles. The van der Waals surface area contributed by atoms with Gasteiger partial charge >= 0.3 is 0 Å². The minimum Gasteiger partial charge on any atom is -0.382 e. The Kier molecular flexibility index (Phi) is 4.27. The summed E-state index contributed by atoms with van der Waals surface area (Å²) in [6, 6.07) is 11.4. The number of hydrogen-bond acceptors (Lipinski definition) is 6. The third-order valence-electron chi connectivity index (χ3n) is 7.88. The van der Waals surface area contributed by atoms with Crippen LogP contribution in [0.25, 0.3) is 22.8 Å². The number of aliphatic hydroxyl groups is 1. The Hall–Kier alpha value is -3.59. The Morgan fingerprint density at radius 3 is 2.37 bits per heavy atom. The van der Waals surface area contributed by atoms with Crippen molar-refractivity contribution in [3.05, 3.63) is 76.9 Å². The van der Waals surface area contributed by atoms with Crippen LogP contribution in [-0.4, -0.2) is 35.5 Å². The normalized spacial score (nSPS) is 23.8. The Morgan fingerprint density at radius 1 is 0.886 bits per heavy atom. The fourth-order valence-corrected chi connectivity index (χ4v) is 5.75. The number of halogens is 2. The van der Waals surface area contributed by atoms with Crippen molar-refractivity contribution in [2.24, 2.45) is 0 Å². The van der Waals surface area contributed by atoms with Crippen LogP contribution in [0.15, 0.2) is 42.5 Å². The lowest BCUT2D eigenvalue weighted by Gasteiger charge is -2.46. The van der Waals surface area contributed by atoms with Gasteiger partial charge in [0.15, 0.2) is 11.6 Å². The molecule has 2 saturated carbocycles. The number of aromatic nitrogens is 6. The molecule has 0 unspecified atom stereocenters. The highest BCUT2D eigenvalue weighted by Crippen LogP contribution is 2.55. The second kappa shape index (κ2) is 7.21. The van der Waals surface area contributed by atoms with E-state index < -0.39 is 22.7 Å². The molecular weight excluding hydrogens is 450 g/mol. The van der Waals surface area contributed by atoms with E-state index in [0.29, 0.717) is 30.2 Å². The Labute approximate surface area is 199 Å². The lowest BCUT2D eigenvalue weighted by atomic mass is 9.58. The molecule has 0 atom stereocenters. The number of H-pyrrole nitrogens is 1. The highest BCUT2D eigenvalue weighted by Gasteiger charge is 2.49. The summed E-state index contributed by atoms with van der Waals surface area (Å²) in [4.78, 5) is 9.44. The predicted octanol–water partition coefficient (Wildman–Crippen LogP) is 4.54. The molecule has 7 nitrogen and oxygen atoms in total. The molecule has 0 saturated heterocycles. The van der Waals surface area contributed by atoms with Gasteiger partial charge in [-0.2, -0.15) is 10.2 Å². The van der Waals surface area contributed by atoms with Crippen molar-refractivity contribution in [3.63, 3.8) is 0 Å². The zero-order chi connectivity index (χ0) is 23.8. The molecule has 2 fully saturated rings. The number of rotatable bonds is 4. The van der Waals surface area contributed by atoms with Gasteiger partial charge in [-0.1, -0.05) is 12.1 Å². The van der Waals surface area contributed by atoms with Crippen molar-refractivity contribution in [2.75, 3.05) is 0 Å². The first-order chi connectivity index (χ1) is 17.0. The summed E-state index contributed by atoms with van der Waals surface area (Å²) < 4.78 is 28.9. The third kappa shape index (κ3) is 3.07. The Balaban J connectivity index is 1.31. The number of fused-ring (bicyclic) bond motifs is 2. The summed E-state index contributed by atoms with van der Waals surface area (Å²) in [5, 5.41) is 26.3. The van der Waals surface area contributed by atoms with E-state index in [1.165, 1.54) is 18.2 Å². The minimum atomic E-state index is -0.920. The lowest BCUT2D eigenvalue weighted by Crippen LogP contribution is -2.41. The van der Waals surface area contributed by atoms with Crippen molar-refractivity contribution in [1.29, 1.82) is 0 Å². The van der Waals surface area contributed by atoms with E-state index in [1.807, 2.05) is 24.3 Å². The van der Waals surface area contributed by atoms with Gasteiger partial charge in [0.05, 0.1) is 28.1 Å². The molecule has 176 valence electrons. The first-order valence-electron chi connectivity index (χ1n) is 11.9. The fraction of sp³-hybridized carbons (Fsp3) is 0.346. The van der Waals surface area contributed by atoms with E-state index in [-0.39, 0.29) is 17.2 Å². The van der Waals surface area contributed by atoms with Crippen LogP contribution >= 0.6 is 0 Å². The van der Waals surface area contributed by atoms with Crippen molar-refractivity contribution >= 4 is 0 Å². The highest BCUT2D eigenvalue weighted by atomic mass is 19.1. The molecule has 8 rings (SSSR count). The van der Waals surface area contributed by atoms with Crippen molar-refractivity contribution in [2.45, 2.75) is 55.5 Å². The molecule has 2 N–H and O–H groups in total. The average molecular weight is 472 g/mol. The molecule has 0 amide bonds. The van der Waals surface area contributed by atoms with Crippen LogP contribution < -0.4 is 0 Å². The van der Waals surface area contributed by atoms with Crippen molar-refractivity contribution in [3.8, 4) is 22.8 Å². The monoisotopic (exact) mass is 472 g/mol. The first-order valence-corrected chi connectivity index (χ1v) is 11.9.